The highest BCUT2D eigenvalue weighted by molar-refractivity contribution is 5.48. The molecule has 0 radical (unpaired) electrons. The molecule has 0 atom stereocenters. The van der Waals surface area contributed by atoms with Crippen LogP contribution in [-0.4, -0.2) is 19.5 Å². The van der Waals surface area contributed by atoms with Gasteiger partial charge in [0.25, 0.3) is 0 Å². The Kier molecular flexibility index (Phi) is 8.24. The number of hydrogen-bond acceptors (Lipinski definition) is 3. The highest BCUT2D eigenvalue weighted by Crippen LogP contribution is 1.97. The van der Waals surface area contributed by atoms with E-state index in [1.165, 1.54) is 0 Å². The van der Waals surface area contributed by atoms with E-state index in [9.17, 15) is 4.79 Å². The zero-order chi connectivity index (χ0) is 7.66. The Labute approximate surface area is 61.2 Å². The maximum absolute atomic E-state index is 9.17. The summed E-state index contributed by atoms with van der Waals surface area (Å²) in [7, 11) is 0. The monoisotopic (exact) mass is 146 g/mol. The predicted octanol–water partition coefficient (Wildman–Crippen LogP) is 1.32. The highest BCUT2D eigenvalue weighted by Gasteiger charge is 1.95. The molecule has 0 aromatic rings. The molecule has 0 unspecified atom stereocenters. The Hall–Kier alpha value is -0.410. The first kappa shape index (κ1) is 9.59. The largest absolute Gasteiger partial charge is 0.303 e. The van der Waals surface area contributed by atoms with E-state index in [0.29, 0.717) is 6.42 Å². The molecule has 1 fully saturated rings. The Balaban J connectivity index is 0.000000180. The lowest BCUT2D eigenvalue weighted by Crippen LogP contribution is -2.05. The highest BCUT2D eigenvalue weighted by atomic mass is 17.2. The molecule has 0 spiro atoms. The van der Waals surface area contributed by atoms with Crippen molar-refractivity contribution in [2.45, 2.75) is 26.2 Å². The molecule has 60 valence electrons. The molecular weight excluding hydrogens is 132 g/mol. The predicted molar refractivity (Wildman–Crippen MR) is 37.5 cm³/mol. The van der Waals surface area contributed by atoms with Gasteiger partial charge >= 0.3 is 0 Å². The van der Waals surface area contributed by atoms with Crippen LogP contribution in [-0.2, 0) is 14.6 Å². The second-order valence-electron chi connectivity index (χ2n) is 1.93. The Morgan fingerprint density at radius 1 is 1.30 bits per heavy atom. The molecule has 0 N–H and O–H groups in total. The fourth-order valence-corrected chi connectivity index (χ4v) is 0.440. The molecule has 0 saturated carbocycles. The molecule has 1 aliphatic rings. The van der Waals surface area contributed by atoms with Gasteiger partial charge in [-0.15, -0.1) is 0 Å². The van der Waals surface area contributed by atoms with Crippen molar-refractivity contribution in [3.8, 4) is 0 Å². The molecule has 0 bridgehead atoms. The van der Waals surface area contributed by atoms with Crippen LogP contribution in [0.4, 0.5) is 0 Å². The van der Waals surface area contributed by atoms with Crippen LogP contribution in [0, 0.1) is 0 Å². The molecule has 1 saturated heterocycles. The van der Waals surface area contributed by atoms with Crippen molar-refractivity contribution in [3.05, 3.63) is 0 Å². The summed E-state index contributed by atoms with van der Waals surface area (Å²) >= 11 is 0. The van der Waals surface area contributed by atoms with Crippen LogP contribution in [0.25, 0.3) is 0 Å². The maximum Gasteiger partial charge on any atom is 0.119 e. The van der Waals surface area contributed by atoms with Crippen LogP contribution in [0.3, 0.4) is 0 Å². The first-order valence-electron chi connectivity index (χ1n) is 3.60. The van der Waals surface area contributed by atoms with E-state index in [1.807, 2.05) is 6.92 Å². The van der Waals surface area contributed by atoms with E-state index in [1.54, 1.807) is 0 Å². The molecule has 0 aromatic heterocycles. The molecule has 1 heterocycles. The zero-order valence-corrected chi connectivity index (χ0v) is 6.34. The van der Waals surface area contributed by atoms with Gasteiger partial charge in [-0.2, -0.15) is 0 Å². The molecule has 0 aromatic carbocycles. The number of aldehydes is 1. The number of carbonyl (C=O) groups excluding carboxylic acids is 1. The summed E-state index contributed by atoms with van der Waals surface area (Å²) in [6, 6.07) is 0. The van der Waals surface area contributed by atoms with E-state index in [-0.39, 0.29) is 0 Å². The van der Waals surface area contributed by atoms with Gasteiger partial charge < -0.3 is 4.79 Å². The van der Waals surface area contributed by atoms with Crippen LogP contribution < -0.4 is 0 Å². The average Bonchev–Trinajstić information content (AvgIpc) is 2.08. The summed E-state index contributed by atoms with van der Waals surface area (Å²) < 4.78 is 0. The third-order valence-electron chi connectivity index (χ3n) is 0.955. The lowest BCUT2D eigenvalue weighted by atomic mass is 10.3. The molecule has 3 heteroatoms. The lowest BCUT2D eigenvalue weighted by molar-refractivity contribution is -0.312. The van der Waals surface area contributed by atoms with Gasteiger partial charge in [0, 0.05) is 6.42 Å². The van der Waals surface area contributed by atoms with Crippen molar-refractivity contribution in [2.24, 2.45) is 0 Å². The normalized spacial score (nSPS) is 16.9. The van der Waals surface area contributed by atoms with E-state index < -0.39 is 0 Å². The van der Waals surface area contributed by atoms with Gasteiger partial charge in [0.05, 0.1) is 13.2 Å². The first-order chi connectivity index (χ1) is 4.91. The van der Waals surface area contributed by atoms with E-state index in [4.69, 9.17) is 0 Å². The van der Waals surface area contributed by atoms with Gasteiger partial charge in [0.1, 0.15) is 6.29 Å². The minimum absolute atomic E-state index is 0.639. The minimum Gasteiger partial charge on any atom is -0.303 e. The van der Waals surface area contributed by atoms with Crippen molar-refractivity contribution in [1.82, 2.24) is 0 Å². The third kappa shape index (κ3) is 7.59. The summed E-state index contributed by atoms with van der Waals surface area (Å²) in [5.41, 5.74) is 0. The van der Waals surface area contributed by atoms with Gasteiger partial charge in [-0.3, -0.25) is 0 Å². The van der Waals surface area contributed by atoms with E-state index in [2.05, 4.69) is 9.78 Å². The molecule has 1 aliphatic heterocycles. The van der Waals surface area contributed by atoms with Crippen molar-refractivity contribution in [1.29, 1.82) is 0 Å². The van der Waals surface area contributed by atoms with E-state index >= 15 is 0 Å². The third-order valence-corrected chi connectivity index (χ3v) is 0.955. The van der Waals surface area contributed by atoms with Crippen LogP contribution in [0.1, 0.15) is 26.2 Å². The quantitative estimate of drug-likeness (QED) is 0.413. The van der Waals surface area contributed by atoms with Gasteiger partial charge in [-0.25, -0.2) is 9.78 Å². The topological polar surface area (TPSA) is 35.5 Å². The van der Waals surface area contributed by atoms with Gasteiger partial charge in [0.15, 0.2) is 0 Å². The van der Waals surface area contributed by atoms with Crippen molar-refractivity contribution in [3.63, 3.8) is 0 Å². The van der Waals surface area contributed by atoms with Crippen molar-refractivity contribution >= 4 is 6.29 Å². The standard InChI is InChI=1S/C4H8O2.C3H6O/c1-2-4-6-5-3-1;1-2-3-4/h1-4H2;3H,2H2,1H3. The smallest absolute Gasteiger partial charge is 0.119 e. The fraction of sp³-hybridized carbons (Fsp3) is 0.857. The second kappa shape index (κ2) is 8.59. The first-order valence-corrected chi connectivity index (χ1v) is 3.60. The van der Waals surface area contributed by atoms with Gasteiger partial charge in [-0.05, 0) is 12.8 Å². The molecule has 1 rings (SSSR count). The summed E-state index contributed by atoms with van der Waals surface area (Å²) in [6.07, 6.45) is 3.82. The maximum atomic E-state index is 9.17. The Morgan fingerprint density at radius 3 is 1.80 bits per heavy atom. The Bertz CT molecular complexity index is 57.7. The lowest BCUT2D eigenvalue weighted by Gasteiger charge is -2.07. The van der Waals surface area contributed by atoms with Gasteiger partial charge in [0.2, 0.25) is 0 Å². The fourth-order valence-electron chi connectivity index (χ4n) is 0.440. The molecule has 3 nitrogen and oxygen atoms in total. The average molecular weight is 146 g/mol. The van der Waals surface area contributed by atoms with Crippen molar-refractivity contribution < 1.29 is 14.6 Å². The Morgan fingerprint density at radius 2 is 1.70 bits per heavy atom. The second-order valence-corrected chi connectivity index (χ2v) is 1.93. The summed E-state index contributed by atoms with van der Waals surface area (Å²) in [6.45, 7) is 3.37. The summed E-state index contributed by atoms with van der Waals surface area (Å²) in [4.78, 5) is 18.3. The van der Waals surface area contributed by atoms with Crippen LogP contribution in [0.2, 0.25) is 0 Å². The van der Waals surface area contributed by atoms with Crippen LogP contribution in [0.15, 0.2) is 0 Å². The number of rotatable bonds is 1. The van der Waals surface area contributed by atoms with Crippen LogP contribution >= 0.6 is 0 Å². The van der Waals surface area contributed by atoms with Gasteiger partial charge in [-0.1, -0.05) is 6.92 Å². The molecule has 0 aliphatic carbocycles. The molecular formula is C7H14O3. The summed E-state index contributed by atoms with van der Waals surface area (Å²) in [5.74, 6) is 0. The molecule has 10 heavy (non-hydrogen) atoms. The van der Waals surface area contributed by atoms with E-state index in [0.717, 1.165) is 32.3 Å². The minimum atomic E-state index is 0.639. The number of carbonyl (C=O) groups is 1. The summed E-state index contributed by atoms with van der Waals surface area (Å²) in [5, 5.41) is 0. The van der Waals surface area contributed by atoms with Crippen molar-refractivity contribution in [2.75, 3.05) is 13.2 Å². The van der Waals surface area contributed by atoms with Crippen LogP contribution in [0.5, 0.6) is 0 Å². The molecule has 0 amide bonds. The number of hydrogen-bond donors (Lipinski definition) is 0. The zero-order valence-electron chi connectivity index (χ0n) is 6.34. The SMILES string of the molecule is C1CCOOC1.CCC=O.